The minimum absolute atomic E-state index is 0.572. The van der Waals surface area contributed by atoms with E-state index in [4.69, 9.17) is 17.4 Å². The normalized spacial score (nSPS) is 10.4. The molecule has 0 aliphatic carbocycles. The molecule has 0 saturated carbocycles. The summed E-state index contributed by atoms with van der Waals surface area (Å²) in [5.74, 6) is 0.572. The zero-order chi connectivity index (χ0) is 8.55. The van der Waals surface area contributed by atoms with E-state index >= 15 is 0 Å². The molecule has 0 radical (unpaired) electrons. The van der Waals surface area contributed by atoms with Crippen molar-refractivity contribution in [1.82, 2.24) is 9.97 Å². The number of aromatic nitrogens is 2. The quantitative estimate of drug-likeness (QED) is 0.650. The highest BCUT2D eigenvalue weighted by atomic mass is 32.2. The van der Waals surface area contributed by atoms with Crippen molar-refractivity contribution in [2.24, 2.45) is 0 Å². The van der Waals surface area contributed by atoms with Gasteiger partial charge in [0.05, 0.1) is 7.11 Å². The molecule has 0 atom stereocenters. The molecule has 0 aliphatic rings. The fraction of sp³-hybridized carbons (Fsp3) is 0.143. The minimum atomic E-state index is 0.572. The number of rotatable bonds is 1. The molecule has 0 amide bonds. The highest BCUT2D eigenvalue weighted by Crippen LogP contribution is 2.22. The van der Waals surface area contributed by atoms with Gasteiger partial charge in [-0.2, -0.15) is 4.98 Å². The highest BCUT2D eigenvalue weighted by Gasteiger charge is 1.96. The molecule has 0 unspecified atom stereocenters. The van der Waals surface area contributed by atoms with E-state index in [1.54, 1.807) is 13.2 Å². The molecule has 2 rings (SSSR count). The van der Waals surface area contributed by atoms with Gasteiger partial charge in [0, 0.05) is 6.07 Å². The molecule has 0 spiro atoms. The van der Waals surface area contributed by atoms with E-state index in [0.29, 0.717) is 15.9 Å². The van der Waals surface area contributed by atoms with Gasteiger partial charge in [0.15, 0.2) is 5.65 Å². The third-order valence-corrected chi connectivity index (χ3v) is 2.56. The van der Waals surface area contributed by atoms with Gasteiger partial charge in [0.2, 0.25) is 5.88 Å². The van der Waals surface area contributed by atoms with Crippen molar-refractivity contribution >= 4 is 34.3 Å². The molecule has 3 nitrogen and oxygen atoms in total. The van der Waals surface area contributed by atoms with E-state index in [1.165, 1.54) is 11.3 Å². The molecular weight excluding hydrogens is 192 g/mol. The summed E-state index contributed by atoms with van der Waals surface area (Å²) in [6.07, 6.45) is 0. The Morgan fingerprint density at radius 3 is 3.00 bits per heavy atom. The first-order chi connectivity index (χ1) is 5.79. The lowest BCUT2D eigenvalue weighted by Gasteiger charge is -1.96. The van der Waals surface area contributed by atoms with E-state index in [2.05, 4.69) is 9.97 Å². The van der Waals surface area contributed by atoms with Crippen molar-refractivity contribution in [3.63, 3.8) is 0 Å². The maximum absolute atomic E-state index is 4.95. The summed E-state index contributed by atoms with van der Waals surface area (Å²) in [5.41, 5.74) is 0.671. The first-order valence-corrected chi connectivity index (χ1v) is 4.50. The Morgan fingerprint density at radius 2 is 2.25 bits per heavy atom. The fourth-order valence-electron chi connectivity index (χ4n) is 0.895. The van der Waals surface area contributed by atoms with Crippen LogP contribution >= 0.6 is 11.3 Å². The summed E-state index contributed by atoms with van der Waals surface area (Å²) in [7, 11) is 1.58. The van der Waals surface area contributed by atoms with Crippen LogP contribution < -0.4 is 4.74 Å². The Balaban J connectivity index is 2.66. The maximum Gasteiger partial charge on any atom is 0.214 e. The van der Waals surface area contributed by atoms with Gasteiger partial charge in [-0.05, 0) is 9.04 Å². The lowest BCUT2D eigenvalue weighted by molar-refractivity contribution is 0.399. The van der Waals surface area contributed by atoms with Crippen molar-refractivity contribution in [2.45, 2.75) is 4.34 Å². The molecule has 5 heteroatoms. The molecule has 0 aliphatic heterocycles. The van der Waals surface area contributed by atoms with Crippen LogP contribution in [0.25, 0.3) is 10.3 Å². The van der Waals surface area contributed by atoms with Crippen LogP contribution in [0, 0.1) is 0 Å². The summed E-state index contributed by atoms with van der Waals surface area (Å²) in [4.78, 5) is 8.19. The second kappa shape index (κ2) is 2.84. The summed E-state index contributed by atoms with van der Waals surface area (Å²) >= 11 is 6.38. The third kappa shape index (κ3) is 1.21. The second-order valence-electron chi connectivity index (χ2n) is 2.16. The number of thiazole rings is 1. The van der Waals surface area contributed by atoms with Gasteiger partial charge >= 0.3 is 0 Å². The van der Waals surface area contributed by atoms with Crippen molar-refractivity contribution in [3.05, 3.63) is 12.1 Å². The van der Waals surface area contributed by atoms with Crippen LogP contribution in [-0.2, 0) is 12.6 Å². The van der Waals surface area contributed by atoms with Gasteiger partial charge in [-0.25, -0.2) is 4.98 Å². The number of pyridine rings is 1. The van der Waals surface area contributed by atoms with E-state index < -0.39 is 0 Å². The Labute approximate surface area is 78.8 Å². The Bertz CT molecular complexity index is 413. The number of hydrogen-bond acceptors (Lipinski definition) is 5. The van der Waals surface area contributed by atoms with Crippen LogP contribution in [0.3, 0.4) is 0 Å². The molecule has 0 fully saturated rings. The summed E-state index contributed by atoms with van der Waals surface area (Å²) in [5, 5.41) is 0. The molecule has 0 N–H and O–H groups in total. The van der Waals surface area contributed by atoms with Crippen molar-refractivity contribution in [3.8, 4) is 5.88 Å². The topological polar surface area (TPSA) is 35.0 Å². The standard InChI is InChI=1S/C7H6N2OS2/c1-10-5-3-2-4-6(8-5)9-7(11)12-4/h2-3H,1H3,(H,8,9,11)/p-1. The van der Waals surface area contributed by atoms with Gasteiger partial charge < -0.3 is 28.7 Å². The number of methoxy groups -OCH3 is 1. The van der Waals surface area contributed by atoms with Gasteiger partial charge in [-0.15, -0.1) is 0 Å². The molecule has 2 aromatic heterocycles. The molecule has 0 saturated heterocycles. The Hall–Kier alpha value is -0.940. The second-order valence-corrected chi connectivity index (χ2v) is 3.83. The molecular formula is C7H5N2OS2-. The van der Waals surface area contributed by atoms with E-state index in [1.807, 2.05) is 6.07 Å². The van der Waals surface area contributed by atoms with Crippen LogP contribution in [0.4, 0.5) is 0 Å². The first-order valence-electron chi connectivity index (χ1n) is 3.28. The summed E-state index contributed by atoms with van der Waals surface area (Å²) in [6, 6.07) is 3.71. The number of ether oxygens (including phenoxy) is 1. The fourth-order valence-corrected chi connectivity index (χ4v) is 1.89. The first kappa shape index (κ1) is 7.70. The lowest BCUT2D eigenvalue weighted by atomic mass is 10.5. The van der Waals surface area contributed by atoms with E-state index in [-0.39, 0.29) is 0 Å². The molecule has 62 valence electrons. The van der Waals surface area contributed by atoms with Gasteiger partial charge in [0.1, 0.15) is 0 Å². The molecule has 2 heterocycles. The van der Waals surface area contributed by atoms with E-state index in [0.717, 1.165) is 4.70 Å². The molecule has 0 aromatic carbocycles. The average Bonchev–Trinajstić information content (AvgIpc) is 2.43. The van der Waals surface area contributed by atoms with Crippen LogP contribution in [0.1, 0.15) is 0 Å². The van der Waals surface area contributed by atoms with Gasteiger partial charge in [-0.3, -0.25) is 0 Å². The molecule has 12 heavy (non-hydrogen) atoms. The van der Waals surface area contributed by atoms with Crippen molar-refractivity contribution in [1.29, 1.82) is 0 Å². The smallest absolute Gasteiger partial charge is 0.214 e. The largest absolute Gasteiger partial charge is 0.481 e. The summed E-state index contributed by atoms with van der Waals surface area (Å²) in [6.45, 7) is 0. The van der Waals surface area contributed by atoms with Crippen LogP contribution in [0.5, 0.6) is 5.88 Å². The lowest BCUT2D eigenvalue weighted by Crippen LogP contribution is -1.86. The molecule has 2 aromatic rings. The van der Waals surface area contributed by atoms with Crippen LogP contribution in [0.2, 0.25) is 0 Å². The summed E-state index contributed by atoms with van der Waals surface area (Å²) < 4.78 is 6.57. The number of nitrogens with zero attached hydrogens (tertiary/aromatic N) is 2. The van der Waals surface area contributed by atoms with E-state index in [9.17, 15) is 0 Å². The van der Waals surface area contributed by atoms with Gasteiger partial charge in [-0.1, -0.05) is 6.07 Å². The predicted molar refractivity (Wildman–Crippen MR) is 49.6 cm³/mol. The van der Waals surface area contributed by atoms with Crippen LogP contribution in [-0.4, -0.2) is 17.1 Å². The average molecular weight is 197 g/mol. The highest BCUT2D eigenvalue weighted by molar-refractivity contribution is 7.63. The Morgan fingerprint density at radius 1 is 1.42 bits per heavy atom. The predicted octanol–water partition coefficient (Wildman–Crippen LogP) is 1.61. The minimum Gasteiger partial charge on any atom is -0.481 e. The third-order valence-electron chi connectivity index (χ3n) is 1.42. The zero-order valence-corrected chi connectivity index (χ0v) is 7.91. The van der Waals surface area contributed by atoms with Crippen molar-refractivity contribution < 1.29 is 4.74 Å². The van der Waals surface area contributed by atoms with Crippen molar-refractivity contribution in [2.75, 3.05) is 7.11 Å². The molecule has 0 bridgehead atoms. The number of hydrogen-bond donors (Lipinski definition) is 0. The maximum atomic E-state index is 4.95. The monoisotopic (exact) mass is 197 g/mol. The van der Waals surface area contributed by atoms with Crippen LogP contribution in [0.15, 0.2) is 16.5 Å². The SMILES string of the molecule is COc1ccc2sc([S-])nc2n1. The zero-order valence-electron chi connectivity index (χ0n) is 6.27. The van der Waals surface area contributed by atoms with Gasteiger partial charge in [0.25, 0.3) is 0 Å². The number of fused-ring (bicyclic) bond motifs is 1. The Kier molecular flexibility index (Phi) is 1.82.